The number of carbonyl (C=O) groups excluding carboxylic acids is 1. The molecule has 0 spiro atoms. The molecule has 1 N–H and O–H groups in total. The Morgan fingerprint density at radius 3 is 2.53 bits per heavy atom. The molecule has 0 aliphatic rings. The van der Waals surface area contributed by atoms with E-state index in [1.807, 2.05) is 0 Å². The van der Waals surface area contributed by atoms with Crippen LogP contribution < -0.4 is 14.5 Å². The van der Waals surface area contributed by atoms with Gasteiger partial charge < -0.3 is 4.74 Å². The SMILES string of the molecule is COc1cccc(/C=N\NC(=O)CN(c2cccc(Cl)c2C)S(=O)(=O)c2ccccc2)c1. The number of hydrogen-bond acceptors (Lipinski definition) is 5. The second kappa shape index (κ2) is 10.3. The Morgan fingerprint density at radius 2 is 1.81 bits per heavy atom. The van der Waals surface area contributed by atoms with Gasteiger partial charge in [-0.25, -0.2) is 13.8 Å². The van der Waals surface area contributed by atoms with Crippen molar-refractivity contribution < 1.29 is 17.9 Å². The fourth-order valence-corrected chi connectivity index (χ4v) is 4.62. The molecule has 3 aromatic carbocycles. The number of methoxy groups -OCH3 is 1. The van der Waals surface area contributed by atoms with E-state index >= 15 is 0 Å². The number of rotatable bonds is 8. The molecule has 0 radical (unpaired) electrons. The van der Waals surface area contributed by atoms with E-state index in [2.05, 4.69) is 10.5 Å². The number of nitrogens with zero attached hydrogens (tertiary/aromatic N) is 2. The third-order valence-electron chi connectivity index (χ3n) is 4.62. The first kappa shape index (κ1) is 23.3. The van der Waals surface area contributed by atoms with Gasteiger partial charge in [-0.15, -0.1) is 0 Å². The maximum absolute atomic E-state index is 13.3. The maximum atomic E-state index is 13.3. The van der Waals surface area contributed by atoms with Crippen LogP contribution in [0.4, 0.5) is 5.69 Å². The number of nitrogens with one attached hydrogen (secondary N) is 1. The second-order valence-corrected chi connectivity index (χ2v) is 9.05. The Kier molecular flexibility index (Phi) is 7.50. The molecule has 0 aromatic heterocycles. The Morgan fingerprint density at radius 1 is 1.09 bits per heavy atom. The standard InChI is InChI=1S/C23H22ClN3O4S/c1-17-21(24)12-7-13-22(17)27(32(29,30)20-10-4-3-5-11-20)16-23(28)26-25-15-18-8-6-9-19(14-18)31-2/h3-15H,16H2,1-2H3,(H,26,28)/b25-15-. The van der Waals surface area contributed by atoms with Crippen molar-refractivity contribution in [1.82, 2.24) is 5.43 Å². The molecule has 3 aromatic rings. The van der Waals surface area contributed by atoms with Crippen LogP contribution in [0.2, 0.25) is 5.02 Å². The summed E-state index contributed by atoms with van der Waals surface area (Å²) >= 11 is 6.21. The van der Waals surface area contributed by atoms with Crippen LogP contribution in [0.15, 0.2) is 82.8 Å². The van der Waals surface area contributed by atoms with E-state index in [9.17, 15) is 13.2 Å². The quantitative estimate of drug-likeness (QED) is 0.397. The summed E-state index contributed by atoms with van der Waals surface area (Å²) in [6, 6.07) is 19.9. The zero-order valence-electron chi connectivity index (χ0n) is 17.5. The molecule has 0 atom stereocenters. The van der Waals surface area contributed by atoms with Crippen LogP contribution in [-0.4, -0.2) is 34.2 Å². The third kappa shape index (κ3) is 5.46. The first-order valence-electron chi connectivity index (χ1n) is 9.62. The van der Waals surface area contributed by atoms with Crippen molar-refractivity contribution in [2.45, 2.75) is 11.8 Å². The predicted octanol–water partition coefficient (Wildman–Crippen LogP) is 4.00. The van der Waals surface area contributed by atoms with Crippen LogP contribution >= 0.6 is 11.6 Å². The molecule has 0 aliphatic heterocycles. The number of anilines is 1. The molecule has 3 rings (SSSR count). The fourth-order valence-electron chi connectivity index (χ4n) is 2.95. The summed E-state index contributed by atoms with van der Waals surface area (Å²) in [5.41, 5.74) is 3.95. The molecule has 32 heavy (non-hydrogen) atoms. The summed E-state index contributed by atoms with van der Waals surface area (Å²) in [6.45, 7) is 1.22. The lowest BCUT2D eigenvalue weighted by molar-refractivity contribution is -0.119. The zero-order valence-corrected chi connectivity index (χ0v) is 19.1. The molecule has 166 valence electrons. The van der Waals surface area contributed by atoms with Gasteiger partial charge >= 0.3 is 0 Å². The molecule has 9 heteroatoms. The van der Waals surface area contributed by atoms with Gasteiger partial charge in [-0.3, -0.25) is 9.10 Å². The van der Waals surface area contributed by atoms with Gasteiger partial charge in [-0.05, 0) is 54.4 Å². The van der Waals surface area contributed by atoms with E-state index in [1.165, 1.54) is 18.3 Å². The number of halogens is 1. The Labute approximate surface area is 192 Å². The average Bonchev–Trinajstić information content (AvgIpc) is 2.80. The van der Waals surface area contributed by atoms with Gasteiger partial charge in [0.25, 0.3) is 15.9 Å². The molecule has 0 unspecified atom stereocenters. The number of hydrogen-bond donors (Lipinski definition) is 1. The van der Waals surface area contributed by atoms with E-state index in [4.69, 9.17) is 16.3 Å². The van der Waals surface area contributed by atoms with Gasteiger partial charge in [-0.1, -0.05) is 48.0 Å². The average molecular weight is 472 g/mol. The van der Waals surface area contributed by atoms with Crippen molar-refractivity contribution in [3.05, 3.63) is 88.9 Å². The molecule has 1 amide bonds. The topological polar surface area (TPSA) is 88.1 Å². The van der Waals surface area contributed by atoms with Crippen molar-refractivity contribution >= 4 is 39.4 Å². The summed E-state index contributed by atoms with van der Waals surface area (Å²) in [4.78, 5) is 12.7. The first-order valence-corrected chi connectivity index (χ1v) is 11.4. The van der Waals surface area contributed by atoms with Gasteiger partial charge in [0.1, 0.15) is 12.3 Å². The summed E-state index contributed by atoms with van der Waals surface area (Å²) in [6.07, 6.45) is 1.45. The highest BCUT2D eigenvalue weighted by Crippen LogP contribution is 2.30. The van der Waals surface area contributed by atoms with Crippen molar-refractivity contribution in [3.63, 3.8) is 0 Å². The van der Waals surface area contributed by atoms with Gasteiger partial charge in [0.15, 0.2) is 0 Å². The summed E-state index contributed by atoms with van der Waals surface area (Å²) in [5, 5.41) is 4.33. The molecule has 0 saturated carbocycles. The highest BCUT2D eigenvalue weighted by atomic mass is 35.5. The summed E-state index contributed by atoms with van der Waals surface area (Å²) < 4.78 is 32.9. The molecule has 0 fully saturated rings. The van der Waals surface area contributed by atoms with Crippen LogP contribution in [0, 0.1) is 6.92 Å². The van der Waals surface area contributed by atoms with Gasteiger partial charge in [-0.2, -0.15) is 5.10 Å². The normalized spacial score (nSPS) is 11.3. The van der Waals surface area contributed by atoms with Crippen LogP contribution in [0.3, 0.4) is 0 Å². The van der Waals surface area contributed by atoms with E-state index in [1.54, 1.807) is 74.7 Å². The van der Waals surface area contributed by atoms with Crippen LogP contribution in [0.1, 0.15) is 11.1 Å². The van der Waals surface area contributed by atoms with E-state index in [-0.39, 0.29) is 4.90 Å². The van der Waals surface area contributed by atoms with Crippen LogP contribution in [-0.2, 0) is 14.8 Å². The minimum Gasteiger partial charge on any atom is -0.497 e. The lowest BCUT2D eigenvalue weighted by Crippen LogP contribution is -2.40. The van der Waals surface area contributed by atoms with Crippen molar-refractivity contribution in [2.75, 3.05) is 18.0 Å². The smallest absolute Gasteiger partial charge is 0.264 e. The van der Waals surface area contributed by atoms with Gasteiger partial charge in [0.05, 0.1) is 23.9 Å². The van der Waals surface area contributed by atoms with Crippen molar-refractivity contribution in [1.29, 1.82) is 0 Å². The third-order valence-corrected chi connectivity index (χ3v) is 6.81. The van der Waals surface area contributed by atoms with Crippen LogP contribution in [0.5, 0.6) is 5.75 Å². The monoisotopic (exact) mass is 471 g/mol. The molecule has 0 bridgehead atoms. The Balaban J connectivity index is 1.86. The summed E-state index contributed by atoms with van der Waals surface area (Å²) in [5.74, 6) is 0.0415. The number of carbonyl (C=O) groups is 1. The fraction of sp³-hybridized carbons (Fsp3) is 0.130. The number of amides is 1. The molecular formula is C23H22ClN3O4S. The van der Waals surface area contributed by atoms with Gasteiger partial charge in [0.2, 0.25) is 0 Å². The number of ether oxygens (including phenoxy) is 1. The molecule has 0 saturated heterocycles. The zero-order chi connectivity index (χ0) is 23.1. The van der Waals surface area contributed by atoms with Crippen molar-refractivity contribution in [2.24, 2.45) is 5.10 Å². The van der Waals surface area contributed by atoms with E-state index < -0.39 is 22.5 Å². The van der Waals surface area contributed by atoms with E-state index in [0.717, 1.165) is 4.31 Å². The highest BCUT2D eigenvalue weighted by molar-refractivity contribution is 7.92. The number of benzene rings is 3. The molecule has 0 heterocycles. The highest BCUT2D eigenvalue weighted by Gasteiger charge is 2.28. The molecule has 7 nitrogen and oxygen atoms in total. The van der Waals surface area contributed by atoms with Crippen LogP contribution in [0.25, 0.3) is 0 Å². The minimum absolute atomic E-state index is 0.0621. The molecular weight excluding hydrogens is 450 g/mol. The maximum Gasteiger partial charge on any atom is 0.264 e. The first-order chi connectivity index (χ1) is 15.3. The lowest BCUT2D eigenvalue weighted by Gasteiger charge is -2.25. The largest absolute Gasteiger partial charge is 0.497 e. The second-order valence-electron chi connectivity index (χ2n) is 6.78. The Hall–Kier alpha value is -3.36. The summed E-state index contributed by atoms with van der Waals surface area (Å²) in [7, 11) is -2.48. The number of sulfonamides is 1. The molecule has 0 aliphatic carbocycles. The van der Waals surface area contributed by atoms with Gasteiger partial charge in [0, 0.05) is 5.02 Å². The number of hydrazone groups is 1. The van der Waals surface area contributed by atoms with Crippen molar-refractivity contribution in [3.8, 4) is 5.75 Å². The predicted molar refractivity (Wildman–Crippen MR) is 126 cm³/mol. The lowest BCUT2D eigenvalue weighted by atomic mass is 10.2. The minimum atomic E-state index is -4.03. The Bertz CT molecular complexity index is 1230. The van der Waals surface area contributed by atoms with E-state index in [0.29, 0.717) is 27.6 Å².